The molecular weight excluding hydrogens is 396 g/mol. The van der Waals surface area contributed by atoms with Gasteiger partial charge in [0.25, 0.3) is 0 Å². The molecule has 0 bridgehead atoms. The molecule has 3 N–H and O–H groups in total. The standard InChI is InChI=1S/C29H48O3/c1-18(2)19(3)8-7-9-20(4)23-10-11-24-22-16-26(31)29(32)17-21(30)12-15-28(29,6)25(22)13-14-27(23,24)5/h7,9,16,18-21,23-26,30-32H,8,10-15,17H2,1-6H3/b9-7+/t19-,20-,21+,23-,24+,25-,26-,27-,28-,29+/m1/s1. The first-order valence-electron chi connectivity index (χ1n) is 13.4. The summed E-state index contributed by atoms with van der Waals surface area (Å²) in [5.74, 6) is 3.55. The summed E-state index contributed by atoms with van der Waals surface area (Å²) < 4.78 is 0. The van der Waals surface area contributed by atoms with Gasteiger partial charge in [-0.05, 0) is 85.9 Å². The maximum absolute atomic E-state index is 11.6. The van der Waals surface area contributed by atoms with Crippen LogP contribution in [0.5, 0.6) is 0 Å². The fraction of sp³-hybridized carbons (Fsp3) is 0.862. The van der Waals surface area contributed by atoms with Gasteiger partial charge in [-0.3, -0.25) is 0 Å². The van der Waals surface area contributed by atoms with E-state index in [2.05, 4.69) is 53.7 Å². The van der Waals surface area contributed by atoms with Gasteiger partial charge in [0.15, 0.2) is 0 Å². The summed E-state index contributed by atoms with van der Waals surface area (Å²) >= 11 is 0. The van der Waals surface area contributed by atoms with Crippen molar-refractivity contribution in [3.8, 4) is 0 Å². The minimum absolute atomic E-state index is 0.273. The van der Waals surface area contributed by atoms with E-state index < -0.39 is 17.8 Å². The summed E-state index contributed by atoms with van der Waals surface area (Å²) in [4.78, 5) is 0. The number of allylic oxidation sites excluding steroid dienone is 3. The van der Waals surface area contributed by atoms with Gasteiger partial charge in [0.1, 0.15) is 11.7 Å². The second-order valence-electron chi connectivity index (χ2n) is 12.9. The minimum Gasteiger partial charge on any atom is -0.393 e. The van der Waals surface area contributed by atoms with E-state index >= 15 is 0 Å². The molecule has 0 unspecified atom stereocenters. The zero-order chi connectivity index (χ0) is 23.5. The highest BCUT2D eigenvalue weighted by Crippen LogP contribution is 2.67. The van der Waals surface area contributed by atoms with Crippen LogP contribution >= 0.6 is 0 Å². The van der Waals surface area contributed by atoms with E-state index in [9.17, 15) is 15.3 Å². The predicted molar refractivity (Wildman–Crippen MR) is 131 cm³/mol. The first-order chi connectivity index (χ1) is 14.9. The van der Waals surface area contributed by atoms with Gasteiger partial charge < -0.3 is 15.3 Å². The molecule has 4 aliphatic rings. The van der Waals surface area contributed by atoms with Gasteiger partial charge in [-0.2, -0.15) is 0 Å². The highest BCUT2D eigenvalue weighted by molar-refractivity contribution is 5.33. The SMILES string of the molecule is CC(C)[C@H](C)C/C=C/[C@@H](C)[C@H]1CC[C@H]2C3=C[C@@H](O)[C@@]4(O)C[C@@H](O)CC[C@]4(C)[C@@H]3CC[C@]12C. The van der Waals surface area contributed by atoms with Crippen LogP contribution in [0.15, 0.2) is 23.8 Å². The van der Waals surface area contributed by atoms with Crippen LogP contribution in [0.3, 0.4) is 0 Å². The Morgan fingerprint density at radius 1 is 1.00 bits per heavy atom. The molecule has 0 aromatic carbocycles. The van der Waals surface area contributed by atoms with Crippen molar-refractivity contribution in [1.29, 1.82) is 0 Å². The van der Waals surface area contributed by atoms with E-state index in [0.29, 0.717) is 30.1 Å². The molecule has 0 aromatic heterocycles. The molecule has 3 nitrogen and oxygen atoms in total. The highest BCUT2D eigenvalue weighted by Gasteiger charge is 2.64. The van der Waals surface area contributed by atoms with Crippen molar-refractivity contribution in [3.63, 3.8) is 0 Å². The molecule has 0 saturated heterocycles. The van der Waals surface area contributed by atoms with Crippen LogP contribution in [0.25, 0.3) is 0 Å². The number of hydrogen-bond donors (Lipinski definition) is 3. The maximum atomic E-state index is 11.6. The molecule has 0 aromatic rings. The molecule has 0 amide bonds. The van der Waals surface area contributed by atoms with Crippen LogP contribution in [-0.4, -0.2) is 33.1 Å². The Morgan fingerprint density at radius 3 is 2.41 bits per heavy atom. The first-order valence-corrected chi connectivity index (χ1v) is 13.4. The zero-order valence-electron chi connectivity index (χ0n) is 21.3. The van der Waals surface area contributed by atoms with Crippen molar-refractivity contribution < 1.29 is 15.3 Å². The fourth-order valence-electron chi connectivity index (χ4n) is 8.36. The van der Waals surface area contributed by atoms with Gasteiger partial charge in [0, 0.05) is 11.8 Å². The normalized spacial score (nSPS) is 48.2. The monoisotopic (exact) mass is 444 g/mol. The molecule has 0 aliphatic heterocycles. The van der Waals surface area contributed by atoms with Crippen LogP contribution in [0.2, 0.25) is 0 Å². The van der Waals surface area contributed by atoms with Gasteiger partial charge in [-0.25, -0.2) is 0 Å². The van der Waals surface area contributed by atoms with E-state index in [1.807, 2.05) is 6.08 Å². The quantitative estimate of drug-likeness (QED) is 0.464. The lowest BCUT2D eigenvalue weighted by molar-refractivity contribution is -0.210. The molecule has 0 radical (unpaired) electrons. The molecule has 0 heterocycles. The van der Waals surface area contributed by atoms with Crippen molar-refractivity contribution in [2.75, 3.05) is 0 Å². The molecule has 4 rings (SSSR count). The summed E-state index contributed by atoms with van der Waals surface area (Å²) in [5.41, 5.74) is 0.165. The lowest BCUT2D eigenvalue weighted by Gasteiger charge is -2.62. The van der Waals surface area contributed by atoms with Crippen molar-refractivity contribution in [2.45, 2.75) is 111 Å². The Bertz CT molecular complexity index is 756. The molecule has 3 fully saturated rings. The summed E-state index contributed by atoms with van der Waals surface area (Å²) in [7, 11) is 0. The second-order valence-corrected chi connectivity index (χ2v) is 12.9. The smallest absolute Gasteiger partial charge is 0.102 e. The average Bonchev–Trinajstić information content (AvgIpc) is 3.07. The Kier molecular flexibility index (Phi) is 6.53. The average molecular weight is 445 g/mol. The summed E-state index contributed by atoms with van der Waals surface area (Å²) in [6.45, 7) is 14.1. The summed E-state index contributed by atoms with van der Waals surface area (Å²) in [6, 6.07) is 0. The molecule has 182 valence electrons. The van der Waals surface area contributed by atoms with Gasteiger partial charge in [-0.1, -0.05) is 65.3 Å². The topological polar surface area (TPSA) is 60.7 Å². The Hall–Kier alpha value is -0.640. The van der Waals surface area contributed by atoms with Crippen LogP contribution in [0.4, 0.5) is 0 Å². The Labute approximate surface area is 196 Å². The van der Waals surface area contributed by atoms with Crippen LogP contribution in [0, 0.1) is 46.3 Å². The van der Waals surface area contributed by atoms with Gasteiger partial charge >= 0.3 is 0 Å². The molecule has 3 heteroatoms. The van der Waals surface area contributed by atoms with Crippen LogP contribution < -0.4 is 0 Å². The summed E-state index contributed by atoms with van der Waals surface area (Å²) in [5, 5.41) is 33.0. The third kappa shape index (κ3) is 3.66. The van der Waals surface area contributed by atoms with Gasteiger partial charge in [0.2, 0.25) is 0 Å². The van der Waals surface area contributed by atoms with E-state index in [0.717, 1.165) is 37.5 Å². The minimum atomic E-state index is -1.20. The predicted octanol–water partition coefficient (Wildman–Crippen LogP) is 5.89. The number of aliphatic hydroxyl groups is 3. The molecule has 4 aliphatic carbocycles. The second kappa shape index (κ2) is 8.54. The highest BCUT2D eigenvalue weighted by atomic mass is 16.3. The molecule has 3 saturated carbocycles. The van der Waals surface area contributed by atoms with Crippen LogP contribution in [-0.2, 0) is 0 Å². The van der Waals surface area contributed by atoms with Crippen molar-refractivity contribution in [3.05, 3.63) is 23.8 Å². The number of aliphatic hydroxyl groups excluding tert-OH is 2. The van der Waals surface area contributed by atoms with Crippen molar-refractivity contribution in [1.82, 2.24) is 0 Å². The molecule has 32 heavy (non-hydrogen) atoms. The lowest BCUT2D eigenvalue weighted by atomic mass is 9.45. The first kappa shape index (κ1) is 24.5. The number of fused-ring (bicyclic) bond motifs is 5. The summed E-state index contributed by atoms with van der Waals surface area (Å²) in [6.07, 6.45) is 13.3. The Balaban J connectivity index is 1.56. The third-order valence-electron chi connectivity index (χ3n) is 11.0. The Morgan fingerprint density at radius 2 is 1.72 bits per heavy atom. The van der Waals surface area contributed by atoms with Gasteiger partial charge in [-0.15, -0.1) is 0 Å². The maximum Gasteiger partial charge on any atom is 0.102 e. The number of rotatable bonds is 5. The lowest BCUT2D eigenvalue weighted by Crippen LogP contribution is -2.65. The molecular formula is C29H48O3. The van der Waals surface area contributed by atoms with Crippen molar-refractivity contribution >= 4 is 0 Å². The fourth-order valence-corrected chi connectivity index (χ4v) is 8.36. The van der Waals surface area contributed by atoms with Crippen molar-refractivity contribution in [2.24, 2.45) is 46.3 Å². The largest absolute Gasteiger partial charge is 0.393 e. The van der Waals surface area contributed by atoms with E-state index in [1.165, 1.54) is 24.8 Å². The molecule has 0 spiro atoms. The van der Waals surface area contributed by atoms with E-state index in [4.69, 9.17) is 0 Å². The molecule has 10 atom stereocenters. The third-order valence-corrected chi connectivity index (χ3v) is 11.0. The van der Waals surface area contributed by atoms with Gasteiger partial charge in [0.05, 0.1) is 6.10 Å². The van der Waals surface area contributed by atoms with E-state index in [-0.39, 0.29) is 10.8 Å². The van der Waals surface area contributed by atoms with Crippen LogP contribution in [0.1, 0.15) is 92.9 Å². The zero-order valence-corrected chi connectivity index (χ0v) is 21.3. The number of hydrogen-bond acceptors (Lipinski definition) is 3. The van der Waals surface area contributed by atoms with E-state index in [1.54, 1.807) is 0 Å².